The van der Waals surface area contributed by atoms with Gasteiger partial charge in [0.15, 0.2) is 0 Å². The van der Waals surface area contributed by atoms with Gasteiger partial charge < -0.3 is 4.90 Å². The van der Waals surface area contributed by atoms with Gasteiger partial charge in [-0.3, -0.25) is 10.1 Å². The average Bonchev–Trinajstić information content (AvgIpc) is 2.88. The Morgan fingerprint density at radius 2 is 1.74 bits per heavy atom. The topological polar surface area (TPSA) is 83.8 Å². The second-order valence-corrected chi connectivity index (χ2v) is 8.94. The first kappa shape index (κ1) is 19.7. The van der Waals surface area contributed by atoms with E-state index in [1.54, 1.807) is 12.1 Å². The van der Waals surface area contributed by atoms with Crippen molar-refractivity contribution in [2.45, 2.75) is 11.3 Å². The van der Waals surface area contributed by atoms with Gasteiger partial charge >= 0.3 is 0 Å². The molecule has 0 atom stereocenters. The first-order chi connectivity index (χ1) is 12.8. The number of hydrogen-bond acceptors (Lipinski definition) is 5. The van der Waals surface area contributed by atoms with Crippen LogP contribution in [0.4, 0.5) is 15.8 Å². The van der Waals surface area contributed by atoms with Crippen LogP contribution in [0.25, 0.3) is 0 Å². The molecule has 0 spiro atoms. The van der Waals surface area contributed by atoms with Gasteiger partial charge in [0.1, 0.15) is 11.5 Å². The van der Waals surface area contributed by atoms with E-state index < -0.39 is 20.8 Å². The number of halogens is 2. The molecule has 0 amide bonds. The van der Waals surface area contributed by atoms with Gasteiger partial charge in [-0.2, -0.15) is 4.31 Å². The zero-order valence-corrected chi connectivity index (χ0v) is 16.6. The molecule has 2 aromatic carbocycles. The highest BCUT2D eigenvalue weighted by Gasteiger charge is 2.29. The number of nitro benzene ring substituents is 1. The minimum Gasteiger partial charge on any atom is -0.365 e. The molecule has 0 aliphatic carbocycles. The molecule has 1 aliphatic rings. The molecule has 0 N–H and O–H groups in total. The normalized spacial score (nSPS) is 16.1. The average molecular weight is 458 g/mol. The lowest BCUT2D eigenvalue weighted by Gasteiger charge is -2.23. The molecule has 0 radical (unpaired) electrons. The number of anilines is 1. The summed E-state index contributed by atoms with van der Waals surface area (Å²) in [5, 5.41) is 11.4. The van der Waals surface area contributed by atoms with Crippen LogP contribution in [-0.4, -0.2) is 43.8 Å². The molecule has 10 heteroatoms. The Bertz CT molecular complexity index is 953. The molecule has 0 bridgehead atoms. The summed E-state index contributed by atoms with van der Waals surface area (Å²) in [6.45, 7) is 1.30. The quantitative estimate of drug-likeness (QED) is 0.518. The van der Waals surface area contributed by atoms with Crippen LogP contribution in [0, 0.1) is 15.9 Å². The van der Waals surface area contributed by atoms with E-state index in [1.807, 2.05) is 4.90 Å². The second kappa shape index (κ2) is 7.91. The minimum absolute atomic E-state index is 0.0285. The highest BCUT2D eigenvalue weighted by atomic mass is 79.9. The van der Waals surface area contributed by atoms with Gasteiger partial charge in [0.05, 0.1) is 9.82 Å². The fourth-order valence-electron chi connectivity index (χ4n) is 3.04. The van der Waals surface area contributed by atoms with Crippen LogP contribution >= 0.6 is 15.9 Å². The Kier molecular flexibility index (Phi) is 5.78. The van der Waals surface area contributed by atoms with Gasteiger partial charge in [0.25, 0.3) is 5.69 Å². The third-order valence-corrected chi connectivity index (χ3v) is 6.79. The summed E-state index contributed by atoms with van der Waals surface area (Å²) >= 11 is 3.23. The zero-order valence-electron chi connectivity index (χ0n) is 14.2. The Labute approximate surface area is 164 Å². The van der Waals surface area contributed by atoms with Crippen molar-refractivity contribution < 1.29 is 17.7 Å². The summed E-state index contributed by atoms with van der Waals surface area (Å²) in [6.07, 6.45) is 0.521. The summed E-state index contributed by atoms with van der Waals surface area (Å²) in [5.41, 5.74) is 0.434. The van der Waals surface area contributed by atoms with Crippen LogP contribution in [0.2, 0.25) is 0 Å². The number of rotatable bonds is 4. The maximum atomic E-state index is 13.1. The smallest absolute Gasteiger partial charge is 0.293 e. The summed E-state index contributed by atoms with van der Waals surface area (Å²) in [7, 11) is -3.74. The van der Waals surface area contributed by atoms with E-state index >= 15 is 0 Å². The minimum atomic E-state index is -3.74. The van der Waals surface area contributed by atoms with Gasteiger partial charge in [0, 0.05) is 36.7 Å². The van der Waals surface area contributed by atoms with Gasteiger partial charge in [-0.25, -0.2) is 12.8 Å². The second-order valence-electron chi connectivity index (χ2n) is 6.09. The van der Waals surface area contributed by atoms with Crippen LogP contribution in [0.3, 0.4) is 0 Å². The van der Waals surface area contributed by atoms with Crippen molar-refractivity contribution in [3.05, 3.63) is 62.9 Å². The van der Waals surface area contributed by atoms with Crippen molar-refractivity contribution in [1.82, 2.24) is 4.31 Å². The molecule has 3 rings (SSSR count). The highest BCUT2D eigenvalue weighted by molar-refractivity contribution is 9.10. The summed E-state index contributed by atoms with van der Waals surface area (Å²) in [6, 6.07) is 9.53. The summed E-state index contributed by atoms with van der Waals surface area (Å²) < 4.78 is 40.6. The van der Waals surface area contributed by atoms with Gasteiger partial charge in [-0.1, -0.05) is 15.9 Å². The fourth-order valence-corrected chi connectivity index (χ4v) is 4.86. The summed E-state index contributed by atoms with van der Waals surface area (Å²) in [5.74, 6) is -0.501. The maximum absolute atomic E-state index is 13.1. The Balaban J connectivity index is 1.82. The molecule has 1 aliphatic heterocycles. The summed E-state index contributed by atoms with van der Waals surface area (Å²) in [4.78, 5) is 12.8. The largest absolute Gasteiger partial charge is 0.365 e. The first-order valence-electron chi connectivity index (χ1n) is 8.23. The molecule has 0 aromatic heterocycles. The molecule has 1 fully saturated rings. The van der Waals surface area contributed by atoms with E-state index in [4.69, 9.17) is 0 Å². The molecule has 1 saturated heterocycles. The number of hydrogen-bond donors (Lipinski definition) is 0. The first-order valence-corrected chi connectivity index (χ1v) is 10.5. The number of nitrogens with zero attached hydrogens (tertiary/aromatic N) is 3. The third kappa shape index (κ3) is 4.28. The molecule has 27 heavy (non-hydrogen) atoms. The SMILES string of the molecule is O=[N+]([O-])c1cc(Br)ccc1N1CCCN(S(=O)(=O)c2ccc(F)cc2)CC1. The molecular formula is C17H17BrFN3O4S. The van der Waals surface area contributed by atoms with Crippen molar-refractivity contribution >= 4 is 37.3 Å². The highest BCUT2D eigenvalue weighted by Crippen LogP contribution is 2.32. The number of sulfonamides is 1. The molecule has 0 unspecified atom stereocenters. The Morgan fingerprint density at radius 3 is 2.41 bits per heavy atom. The zero-order chi connectivity index (χ0) is 19.6. The number of nitro groups is 1. The Hall–Kier alpha value is -2.04. The van der Waals surface area contributed by atoms with Crippen molar-refractivity contribution in [3.8, 4) is 0 Å². The fraction of sp³-hybridized carbons (Fsp3) is 0.294. The standard InChI is InChI=1S/C17H17BrFN3O4S/c18-13-2-7-16(17(12-13)22(23)24)20-8-1-9-21(11-10-20)27(25,26)15-5-3-14(19)4-6-15/h2-7,12H,1,8-11H2. The lowest BCUT2D eigenvalue weighted by molar-refractivity contribution is -0.384. The van der Waals surface area contributed by atoms with E-state index in [9.17, 15) is 22.9 Å². The predicted molar refractivity (Wildman–Crippen MR) is 103 cm³/mol. The molecule has 2 aromatic rings. The molecule has 144 valence electrons. The van der Waals surface area contributed by atoms with Crippen LogP contribution < -0.4 is 4.90 Å². The molecule has 1 heterocycles. The lowest BCUT2D eigenvalue weighted by Crippen LogP contribution is -2.35. The monoisotopic (exact) mass is 457 g/mol. The molecule has 0 saturated carbocycles. The van der Waals surface area contributed by atoms with Crippen LogP contribution in [0.15, 0.2) is 51.8 Å². The maximum Gasteiger partial charge on any atom is 0.293 e. The van der Waals surface area contributed by atoms with Crippen molar-refractivity contribution in [1.29, 1.82) is 0 Å². The van der Waals surface area contributed by atoms with E-state index in [2.05, 4.69) is 15.9 Å². The van der Waals surface area contributed by atoms with Crippen LogP contribution in [0.1, 0.15) is 6.42 Å². The van der Waals surface area contributed by atoms with Crippen LogP contribution in [-0.2, 0) is 10.0 Å². The molecular weight excluding hydrogens is 441 g/mol. The van der Waals surface area contributed by atoms with Gasteiger partial charge in [-0.15, -0.1) is 0 Å². The van der Waals surface area contributed by atoms with Crippen molar-refractivity contribution in [2.24, 2.45) is 0 Å². The van der Waals surface area contributed by atoms with E-state index in [0.717, 1.165) is 12.1 Å². The third-order valence-electron chi connectivity index (χ3n) is 4.38. The van der Waals surface area contributed by atoms with Crippen molar-refractivity contribution in [3.63, 3.8) is 0 Å². The van der Waals surface area contributed by atoms with E-state index in [0.29, 0.717) is 36.2 Å². The van der Waals surface area contributed by atoms with E-state index in [-0.39, 0.29) is 17.1 Å². The Morgan fingerprint density at radius 1 is 1.04 bits per heavy atom. The molecule has 7 nitrogen and oxygen atoms in total. The number of benzene rings is 2. The van der Waals surface area contributed by atoms with Crippen molar-refractivity contribution in [2.75, 3.05) is 31.1 Å². The lowest BCUT2D eigenvalue weighted by atomic mass is 10.2. The van der Waals surface area contributed by atoms with Gasteiger partial charge in [0.2, 0.25) is 10.0 Å². The van der Waals surface area contributed by atoms with E-state index in [1.165, 1.54) is 22.5 Å². The predicted octanol–water partition coefficient (Wildman–Crippen LogP) is 3.40. The van der Waals surface area contributed by atoms with Crippen LogP contribution in [0.5, 0.6) is 0 Å². The van der Waals surface area contributed by atoms with Gasteiger partial charge in [-0.05, 0) is 42.8 Å².